The van der Waals surface area contributed by atoms with Gasteiger partial charge in [0.05, 0.1) is 19.1 Å². The molecule has 0 saturated carbocycles. The Morgan fingerprint density at radius 3 is 2.50 bits per heavy atom. The normalized spacial score (nSPS) is 17.8. The van der Waals surface area contributed by atoms with Crippen molar-refractivity contribution in [2.75, 3.05) is 12.9 Å². The number of hydrogen-bond acceptors (Lipinski definition) is 8. The first-order valence-electron chi connectivity index (χ1n) is 12.5. The molecule has 202 valence electrons. The van der Waals surface area contributed by atoms with Crippen LogP contribution in [0.3, 0.4) is 0 Å². The maximum absolute atomic E-state index is 13.5. The Labute approximate surface area is 240 Å². The summed E-state index contributed by atoms with van der Waals surface area (Å²) in [5.74, 6) is -0.175. The maximum Gasteiger partial charge on any atom is 0.356 e. The van der Waals surface area contributed by atoms with Crippen LogP contribution < -0.4 is 10.1 Å². The molecule has 0 aromatic heterocycles. The number of benzene rings is 3. The van der Waals surface area contributed by atoms with Crippen molar-refractivity contribution in [3.8, 4) is 11.8 Å². The molecular formula is C30H25N3O5S2. The SMILES string of the molecule is COc1ccc(COC(=O)C2=C(Sc3ccccc3C#N)CS[C@@H]3[C@H](NC(=O)Cc4ccccc4)C(=O)N23)cc1. The number of fused-ring (bicyclic) bond motifs is 1. The third-order valence-electron chi connectivity index (χ3n) is 6.42. The van der Waals surface area contributed by atoms with Crippen LogP contribution in [0.4, 0.5) is 0 Å². The zero-order valence-electron chi connectivity index (χ0n) is 21.5. The number of thioether (sulfide) groups is 2. The topological polar surface area (TPSA) is 109 Å². The summed E-state index contributed by atoms with van der Waals surface area (Å²) in [6.45, 7) is 0.0101. The predicted molar refractivity (Wildman–Crippen MR) is 152 cm³/mol. The summed E-state index contributed by atoms with van der Waals surface area (Å²) in [5, 5.41) is 12.0. The molecule has 1 N–H and O–H groups in total. The number of carbonyl (C=O) groups is 3. The fourth-order valence-electron chi connectivity index (χ4n) is 4.38. The standard InChI is InChI=1S/C30H25N3O5S2/c1-37-22-13-11-20(12-14-22)17-38-30(36)27-24(40-23-10-6-5-9-21(23)16-31)18-39-29-26(28(35)33(27)29)32-25(34)15-19-7-3-2-4-8-19/h2-14,26,29H,15,17-18H2,1H3,(H,32,34)/t26-,29-/m1/s1. The van der Waals surface area contributed by atoms with Crippen LogP contribution in [0.2, 0.25) is 0 Å². The zero-order chi connectivity index (χ0) is 28.1. The van der Waals surface area contributed by atoms with Crippen molar-refractivity contribution in [1.29, 1.82) is 5.26 Å². The number of nitriles is 1. The first kappa shape index (κ1) is 27.4. The van der Waals surface area contributed by atoms with E-state index in [1.165, 1.54) is 28.4 Å². The Hall–Kier alpha value is -4.20. The summed E-state index contributed by atoms with van der Waals surface area (Å²) in [4.78, 5) is 42.2. The van der Waals surface area contributed by atoms with Crippen molar-refractivity contribution < 1.29 is 23.9 Å². The van der Waals surface area contributed by atoms with Gasteiger partial charge in [-0.3, -0.25) is 14.5 Å². The summed E-state index contributed by atoms with van der Waals surface area (Å²) in [5.41, 5.74) is 2.23. The van der Waals surface area contributed by atoms with E-state index in [0.29, 0.717) is 26.9 Å². The van der Waals surface area contributed by atoms with Crippen LogP contribution in [0.25, 0.3) is 0 Å². The summed E-state index contributed by atoms with van der Waals surface area (Å²) in [6, 6.07) is 25.0. The number of nitrogens with one attached hydrogen (secondary N) is 1. The van der Waals surface area contributed by atoms with E-state index in [4.69, 9.17) is 9.47 Å². The van der Waals surface area contributed by atoms with E-state index in [1.807, 2.05) is 36.4 Å². The molecule has 0 bridgehead atoms. The largest absolute Gasteiger partial charge is 0.497 e. The van der Waals surface area contributed by atoms with E-state index in [1.54, 1.807) is 49.6 Å². The van der Waals surface area contributed by atoms with Crippen LogP contribution in [0.15, 0.2) is 94.4 Å². The number of nitrogens with zero attached hydrogens (tertiary/aromatic N) is 2. The van der Waals surface area contributed by atoms with E-state index in [9.17, 15) is 19.6 Å². The van der Waals surface area contributed by atoms with Gasteiger partial charge in [-0.25, -0.2) is 4.79 Å². The maximum atomic E-state index is 13.5. The van der Waals surface area contributed by atoms with Crippen LogP contribution in [0, 0.1) is 11.3 Å². The molecule has 0 unspecified atom stereocenters. The van der Waals surface area contributed by atoms with Crippen molar-refractivity contribution in [1.82, 2.24) is 10.2 Å². The Morgan fingerprint density at radius 1 is 1.05 bits per heavy atom. The number of hydrogen-bond donors (Lipinski definition) is 1. The number of carbonyl (C=O) groups excluding carboxylic acids is 3. The molecule has 40 heavy (non-hydrogen) atoms. The van der Waals surface area contributed by atoms with Gasteiger partial charge >= 0.3 is 5.97 Å². The Morgan fingerprint density at radius 2 is 1.77 bits per heavy atom. The highest BCUT2D eigenvalue weighted by atomic mass is 32.2. The molecule has 0 spiro atoms. The van der Waals surface area contributed by atoms with Crippen LogP contribution >= 0.6 is 23.5 Å². The molecule has 3 aromatic rings. The van der Waals surface area contributed by atoms with Crippen LogP contribution in [0.1, 0.15) is 16.7 Å². The summed E-state index contributed by atoms with van der Waals surface area (Å²) < 4.78 is 10.8. The van der Waals surface area contributed by atoms with Crippen molar-refractivity contribution >= 4 is 41.3 Å². The Bertz CT molecular complexity index is 1500. The lowest BCUT2D eigenvalue weighted by molar-refractivity contribution is -0.153. The summed E-state index contributed by atoms with van der Waals surface area (Å²) in [6.07, 6.45) is 0.153. The predicted octanol–water partition coefficient (Wildman–Crippen LogP) is 4.26. The Balaban J connectivity index is 1.36. The molecule has 2 heterocycles. The number of methoxy groups -OCH3 is 1. The van der Waals surface area contributed by atoms with Crippen molar-refractivity contribution in [2.45, 2.75) is 29.3 Å². The second-order valence-corrected chi connectivity index (χ2v) is 11.3. The highest BCUT2D eigenvalue weighted by molar-refractivity contribution is 8.06. The molecule has 10 heteroatoms. The number of esters is 1. The summed E-state index contributed by atoms with van der Waals surface area (Å²) >= 11 is 2.74. The second-order valence-electron chi connectivity index (χ2n) is 9.02. The fraction of sp³-hybridized carbons (Fsp3) is 0.200. The van der Waals surface area contributed by atoms with Gasteiger partial charge in [0.15, 0.2) is 0 Å². The van der Waals surface area contributed by atoms with E-state index < -0.39 is 17.4 Å². The zero-order valence-corrected chi connectivity index (χ0v) is 23.2. The quantitative estimate of drug-likeness (QED) is 0.300. The van der Waals surface area contributed by atoms with Crippen molar-refractivity contribution in [2.24, 2.45) is 0 Å². The van der Waals surface area contributed by atoms with Crippen LogP contribution in [-0.2, 0) is 32.1 Å². The molecule has 8 nitrogen and oxygen atoms in total. The number of rotatable bonds is 9. The minimum absolute atomic E-state index is 0.0101. The molecule has 2 atom stereocenters. The van der Waals surface area contributed by atoms with Gasteiger partial charge in [0.25, 0.3) is 5.91 Å². The fourth-order valence-corrected chi connectivity index (χ4v) is 6.93. The van der Waals surface area contributed by atoms with Gasteiger partial charge in [0.2, 0.25) is 5.91 Å². The molecule has 2 aliphatic rings. The number of β-lactam (4-membered cyclic amide) rings is 1. The third-order valence-corrected chi connectivity index (χ3v) is 9.04. The van der Waals surface area contributed by atoms with Gasteiger partial charge in [0.1, 0.15) is 35.5 Å². The lowest BCUT2D eigenvalue weighted by Crippen LogP contribution is -2.70. The smallest absolute Gasteiger partial charge is 0.356 e. The van der Waals surface area contributed by atoms with E-state index in [0.717, 1.165) is 11.1 Å². The molecule has 1 fully saturated rings. The highest BCUT2D eigenvalue weighted by Crippen LogP contribution is 2.46. The number of amides is 2. The average molecular weight is 572 g/mol. The molecule has 0 radical (unpaired) electrons. The molecule has 5 rings (SSSR count). The Kier molecular flexibility index (Phi) is 8.43. The second kappa shape index (κ2) is 12.3. The monoisotopic (exact) mass is 571 g/mol. The molecular weight excluding hydrogens is 546 g/mol. The van der Waals surface area contributed by atoms with Gasteiger partial charge < -0.3 is 14.8 Å². The molecule has 0 aliphatic carbocycles. The average Bonchev–Trinajstić information content (AvgIpc) is 2.99. The van der Waals surface area contributed by atoms with E-state index in [2.05, 4.69) is 11.4 Å². The first-order valence-corrected chi connectivity index (χ1v) is 14.3. The highest BCUT2D eigenvalue weighted by Gasteiger charge is 2.54. The van der Waals surface area contributed by atoms with Gasteiger partial charge in [-0.2, -0.15) is 5.26 Å². The molecule has 2 amide bonds. The minimum atomic E-state index is -0.747. The van der Waals surface area contributed by atoms with Gasteiger partial charge in [0, 0.05) is 15.6 Å². The number of ether oxygens (including phenoxy) is 2. The summed E-state index contributed by atoms with van der Waals surface area (Å²) in [7, 11) is 1.57. The third kappa shape index (κ3) is 5.86. The van der Waals surface area contributed by atoms with E-state index in [-0.39, 0.29) is 30.5 Å². The minimum Gasteiger partial charge on any atom is -0.497 e. The lowest BCUT2D eigenvalue weighted by Gasteiger charge is -2.49. The molecule has 2 aliphatic heterocycles. The van der Waals surface area contributed by atoms with Crippen LogP contribution in [0.5, 0.6) is 5.75 Å². The first-order chi connectivity index (χ1) is 19.5. The molecule has 1 saturated heterocycles. The van der Waals surface area contributed by atoms with Gasteiger partial charge in [-0.15, -0.1) is 11.8 Å². The van der Waals surface area contributed by atoms with Crippen LogP contribution in [-0.4, -0.2) is 47.0 Å². The lowest BCUT2D eigenvalue weighted by atomic mass is 10.0. The van der Waals surface area contributed by atoms with Crippen molar-refractivity contribution in [3.05, 3.63) is 106 Å². The van der Waals surface area contributed by atoms with Gasteiger partial charge in [-0.05, 0) is 35.4 Å². The van der Waals surface area contributed by atoms with Crippen molar-refractivity contribution in [3.63, 3.8) is 0 Å². The molecule has 3 aromatic carbocycles. The van der Waals surface area contributed by atoms with Gasteiger partial charge in [-0.1, -0.05) is 66.4 Å². The van der Waals surface area contributed by atoms with E-state index >= 15 is 0 Å².